The van der Waals surface area contributed by atoms with E-state index in [4.69, 9.17) is 10.8 Å². The van der Waals surface area contributed by atoms with E-state index in [0.717, 1.165) is 11.3 Å². The van der Waals surface area contributed by atoms with Crippen molar-refractivity contribution in [2.45, 2.75) is 64.6 Å². The first-order valence-corrected chi connectivity index (χ1v) is 11.3. The first-order valence-electron chi connectivity index (χ1n) is 11.3. The summed E-state index contributed by atoms with van der Waals surface area (Å²) < 4.78 is 0. The van der Waals surface area contributed by atoms with Gasteiger partial charge in [0.05, 0.1) is 18.1 Å². The molecule has 0 unspecified atom stereocenters. The third-order valence-electron chi connectivity index (χ3n) is 6.12. The van der Waals surface area contributed by atoms with Gasteiger partial charge in [0, 0.05) is 38.8 Å². The van der Waals surface area contributed by atoms with Crippen LogP contribution in [0.1, 0.15) is 45.6 Å². The summed E-state index contributed by atoms with van der Waals surface area (Å²) in [7, 11) is 3.35. The Morgan fingerprint density at radius 1 is 1.27 bits per heavy atom. The minimum Gasteiger partial charge on any atom is -0.481 e. The second-order valence-electron chi connectivity index (χ2n) is 10.1. The summed E-state index contributed by atoms with van der Waals surface area (Å²) in [6.45, 7) is 5.74. The quantitative estimate of drug-likeness (QED) is 0.442. The predicted molar refractivity (Wildman–Crippen MR) is 127 cm³/mol. The number of nitrogens with zero attached hydrogens (tertiary/aromatic N) is 2. The maximum Gasteiger partial charge on any atom is 0.317 e. The molecule has 0 bridgehead atoms. The van der Waals surface area contributed by atoms with Crippen molar-refractivity contribution >= 4 is 23.6 Å². The molecule has 184 valence electrons. The zero-order valence-electron chi connectivity index (χ0n) is 20.2. The molecule has 0 fully saturated rings. The summed E-state index contributed by atoms with van der Waals surface area (Å²) in [5.41, 5.74) is 7.49. The van der Waals surface area contributed by atoms with E-state index in [9.17, 15) is 19.5 Å². The van der Waals surface area contributed by atoms with Gasteiger partial charge < -0.3 is 31.1 Å². The summed E-state index contributed by atoms with van der Waals surface area (Å²) in [5.74, 6) is -1.76. The number of rotatable bonds is 9. The van der Waals surface area contributed by atoms with Crippen molar-refractivity contribution in [1.82, 2.24) is 10.2 Å². The smallest absolute Gasteiger partial charge is 0.317 e. The molecule has 1 aliphatic rings. The topological polar surface area (TPSA) is 136 Å². The third kappa shape index (κ3) is 7.43. The van der Waals surface area contributed by atoms with Crippen molar-refractivity contribution < 1.29 is 24.6 Å². The van der Waals surface area contributed by atoms with Crippen LogP contribution in [0.15, 0.2) is 24.3 Å². The van der Waals surface area contributed by atoms with Gasteiger partial charge in [0.1, 0.15) is 0 Å². The number of para-hydroxylation sites is 1. The third-order valence-corrected chi connectivity index (χ3v) is 6.12. The average Bonchev–Trinajstić information content (AvgIpc) is 2.71. The van der Waals surface area contributed by atoms with Crippen LogP contribution in [0, 0.1) is 11.3 Å². The summed E-state index contributed by atoms with van der Waals surface area (Å²) in [5, 5.41) is 22.4. The Balaban J connectivity index is 2.09. The molecule has 5 N–H and O–H groups in total. The average molecular weight is 463 g/mol. The van der Waals surface area contributed by atoms with Gasteiger partial charge in [-0.1, -0.05) is 39.0 Å². The number of anilines is 1. The Hall–Kier alpha value is -2.65. The molecular formula is C24H38N4O5. The van der Waals surface area contributed by atoms with E-state index in [0.29, 0.717) is 19.4 Å². The zero-order chi connectivity index (χ0) is 24.9. The molecule has 9 nitrogen and oxygen atoms in total. The molecule has 1 aliphatic heterocycles. The van der Waals surface area contributed by atoms with E-state index in [-0.39, 0.29) is 30.8 Å². The van der Waals surface area contributed by atoms with Crippen LogP contribution < -0.4 is 16.0 Å². The van der Waals surface area contributed by atoms with Gasteiger partial charge >= 0.3 is 12.0 Å². The van der Waals surface area contributed by atoms with Gasteiger partial charge in [-0.15, -0.1) is 0 Å². The molecular weight excluding hydrogens is 424 g/mol. The molecule has 0 spiro atoms. The molecule has 0 saturated heterocycles. The minimum absolute atomic E-state index is 0.0628. The fourth-order valence-electron chi connectivity index (χ4n) is 4.22. The van der Waals surface area contributed by atoms with E-state index in [1.54, 1.807) is 19.0 Å². The lowest BCUT2D eigenvalue weighted by molar-refractivity contribution is -0.142. The molecule has 3 amide bonds. The number of fused-ring (bicyclic) bond motifs is 1. The number of aliphatic hydroxyl groups is 1. The summed E-state index contributed by atoms with van der Waals surface area (Å²) in [6.07, 6.45) is 0.300. The SMILES string of the molecule is C[C@H](C[C@H](O)[C@@H](N)CC(C)(C)CC(=O)N1C[C@H](NC(=O)N(C)C)Cc2ccccc21)C(=O)O. The van der Waals surface area contributed by atoms with Gasteiger partial charge in [0.15, 0.2) is 0 Å². The van der Waals surface area contributed by atoms with Crippen molar-refractivity contribution in [3.63, 3.8) is 0 Å². The van der Waals surface area contributed by atoms with Crippen LogP contribution in [-0.4, -0.2) is 71.8 Å². The number of aliphatic hydroxyl groups excluding tert-OH is 1. The largest absolute Gasteiger partial charge is 0.481 e. The van der Waals surface area contributed by atoms with Gasteiger partial charge in [-0.25, -0.2) is 4.79 Å². The van der Waals surface area contributed by atoms with Crippen LogP contribution in [0.4, 0.5) is 10.5 Å². The molecule has 1 heterocycles. The van der Waals surface area contributed by atoms with Crippen LogP contribution in [0.2, 0.25) is 0 Å². The molecule has 4 atom stereocenters. The van der Waals surface area contributed by atoms with Gasteiger partial charge in [0.25, 0.3) is 0 Å². The lowest BCUT2D eigenvalue weighted by Crippen LogP contribution is -2.52. The number of carbonyl (C=O) groups is 3. The molecule has 9 heteroatoms. The minimum atomic E-state index is -0.977. The maximum absolute atomic E-state index is 13.4. The molecule has 0 aliphatic carbocycles. The molecule has 0 radical (unpaired) electrons. The highest BCUT2D eigenvalue weighted by Crippen LogP contribution is 2.33. The van der Waals surface area contributed by atoms with Gasteiger partial charge in [0.2, 0.25) is 5.91 Å². The van der Waals surface area contributed by atoms with Crippen molar-refractivity contribution in [1.29, 1.82) is 0 Å². The fourth-order valence-corrected chi connectivity index (χ4v) is 4.22. The lowest BCUT2D eigenvalue weighted by atomic mass is 9.79. The van der Waals surface area contributed by atoms with E-state index in [2.05, 4.69) is 5.32 Å². The van der Waals surface area contributed by atoms with E-state index in [1.807, 2.05) is 38.1 Å². The summed E-state index contributed by atoms with van der Waals surface area (Å²) in [6, 6.07) is 6.62. The fraction of sp³-hybridized carbons (Fsp3) is 0.625. The molecule has 2 rings (SSSR count). The van der Waals surface area contributed by atoms with E-state index < -0.39 is 29.4 Å². The predicted octanol–water partition coefficient (Wildman–Crippen LogP) is 1.82. The van der Waals surface area contributed by atoms with Crippen LogP contribution in [-0.2, 0) is 16.0 Å². The Morgan fingerprint density at radius 2 is 1.91 bits per heavy atom. The van der Waals surface area contributed by atoms with Crippen molar-refractivity contribution in [2.75, 3.05) is 25.5 Å². The lowest BCUT2D eigenvalue weighted by Gasteiger charge is -2.38. The second kappa shape index (κ2) is 11.0. The highest BCUT2D eigenvalue weighted by atomic mass is 16.4. The number of nitrogens with one attached hydrogen (secondary N) is 1. The normalized spacial score (nSPS) is 18.6. The molecule has 33 heavy (non-hydrogen) atoms. The molecule has 0 aromatic heterocycles. The second-order valence-corrected chi connectivity index (χ2v) is 10.1. The standard InChI is InChI=1S/C24H38N4O5/c1-15(22(31)32)10-20(29)18(25)12-24(2,3)13-21(30)28-14-17(26-23(33)27(4)5)11-16-8-6-7-9-19(16)28/h6-9,15,17-18,20,29H,10-14,25H2,1-5H3,(H,26,33)(H,31,32)/t15-,17-,18+,20+/m1/s1. The van der Waals surface area contributed by atoms with Crippen molar-refractivity contribution in [3.05, 3.63) is 29.8 Å². The number of carboxylic acid groups (broad SMARTS) is 1. The Bertz CT molecular complexity index is 857. The number of carboxylic acids is 1. The maximum atomic E-state index is 13.4. The van der Waals surface area contributed by atoms with E-state index >= 15 is 0 Å². The number of aliphatic carboxylic acids is 1. The number of nitrogens with two attached hydrogens (primary N) is 1. The summed E-state index contributed by atoms with van der Waals surface area (Å²) in [4.78, 5) is 39.8. The first kappa shape index (κ1) is 26.6. The van der Waals surface area contributed by atoms with Crippen LogP contribution in [0.5, 0.6) is 0 Å². The van der Waals surface area contributed by atoms with Crippen molar-refractivity contribution in [3.8, 4) is 0 Å². The number of hydrogen-bond donors (Lipinski definition) is 4. The number of amides is 3. The zero-order valence-corrected chi connectivity index (χ0v) is 20.2. The molecule has 0 saturated carbocycles. The highest BCUT2D eigenvalue weighted by molar-refractivity contribution is 5.95. The van der Waals surface area contributed by atoms with Crippen LogP contribution in [0.25, 0.3) is 0 Å². The summed E-state index contributed by atoms with van der Waals surface area (Å²) >= 11 is 0. The van der Waals surface area contributed by atoms with Crippen LogP contribution >= 0.6 is 0 Å². The molecule has 1 aromatic rings. The molecule has 1 aromatic carbocycles. The number of urea groups is 1. The highest BCUT2D eigenvalue weighted by Gasteiger charge is 2.34. The van der Waals surface area contributed by atoms with E-state index in [1.165, 1.54) is 11.8 Å². The van der Waals surface area contributed by atoms with Crippen LogP contribution in [0.3, 0.4) is 0 Å². The van der Waals surface area contributed by atoms with Gasteiger partial charge in [-0.05, 0) is 36.3 Å². The number of hydrogen-bond acceptors (Lipinski definition) is 5. The van der Waals surface area contributed by atoms with Gasteiger partial charge in [-0.3, -0.25) is 9.59 Å². The van der Waals surface area contributed by atoms with Gasteiger partial charge in [-0.2, -0.15) is 0 Å². The Labute approximate surface area is 195 Å². The Kier molecular flexibility index (Phi) is 8.85. The Morgan fingerprint density at radius 3 is 2.52 bits per heavy atom. The monoisotopic (exact) mass is 462 g/mol. The first-order chi connectivity index (χ1) is 15.3. The number of carbonyl (C=O) groups excluding carboxylic acids is 2. The number of benzene rings is 1. The van der Waals surface area contributed by atoms with Crippen molar-refractivity contribution in [2.24, 2.45) is 17.1 Å².